The van der Waals surface area contributed by atoms with Crippen molar-refractivity contribution in [3.05, 3.63) is 82.7 Å². The third kappa shape index (κ3) is 3.50. The summed E-state index contributed by atoms with van der Waals surface area (Å²) in [5.74, 6) is 0.961. The number of hydrogen-bond acceptors (Lipinski definition) is 5. The van der Waals surface area contributed by atoms with Gasteiger partial charge in [-0.3, -0.25) is 9.78 Å². The van der Waals surface area contributed by atoms with E-state index in [1.807, 2.05) is 36.4 Å². The SMILES string of the molecule is N#Cc1sccc1C(=O)Nc1cccc(Oc2ccnc3ccccc23)c1. The predicted molar refractivity (Wildman–Crippen MR) is 105 cm³/mol. The number of nitrogens with zero attached hydrogens (tertiary/aromatic N) is 2. The fourth-order valence-electron chi connectivity index (χ4n) is 2.70. The molecule has 0 aliphatic carbocycles. The highest BCUT2D eigenvalue weighted by Gasteiger charge is 2.13. The molecule has 0 bridgehead atoms. The minimum Gasteiger partial charge on any atom is -0.457 e. The average molecular weight is 371 g/mol. The van der Waals surface area contributed by atoms with E-state index in [4.69, 9.17) is 10.00 Å². The van der Waals surface area contributed by atoms with E-state index < -0.39 is 0 Å². The molecular weight excluding hydrogens is 358 g/mol. The van der Waals surface area contributed by atoms with Gasteiger partial charge in [0.15, 0.2) is 0 Å². The number of fused-ring (bicyclic) bond motifs is 1. The number of hydrogen-bond donors (Lipinski definition) is 1. The van der Waals surface area contributed by atoms with Crippen molar-refractivity contribution in [1.29, 1.82) is 5.26 Å². The van der Waals surface area contributed by atoms with Gasteiger partial charge in [-0.25, -0.2) is 0 Å². The Morgan fingerprint density at radius 2 is 2.00 bits per heavy atom. The molecule has 1 amide bonds. The highest BCUT2D eigenvalue weighted by molar-refractivity contribution is 7.10. The van der Waals surface area contributed by atoms with Crippen LogP contribution in [-0.4, -0.2) is 10.9 Å². The predicted octanol–water partition coefficient (Wildman–Crippen LogP) is 5.21. The van der Waals surface area contributed by atoms with E-state index in [0.717, 1.165) is 10.9 Å². The second-order valence-corrected chi connectivity index (χ2v) is 6.60. The van der Waals surface area contributed by atoms with Gasteiger partial charge in [0, 0.05) is 23.3 Å². The Kier molecular flexibility index (Phi) is 4.52. The van der Waals surface area contributed by atoms with Crippen LogP contribution in [0.2, 0.25) is 0 Å². The number of thiophene rings is 1. The number of para-hydroxylation sites is 1. The normalized spacial score (nSPS) is 10.3. The van der Waals surface area contributed by atoms with Gasteiger partial charge in [-0.2, -0.15) is 5.26 Å². The fraction of sp³-hybridized carbons (Fsp3) is 0. The maximum absolute atomic E-state index is 12.4. The van der Waals surface area contributed by atoms with Crippen LogP contribution in [-0.2, 0) is 0 Å². The van der Waals surface area contributed by atoms with Gasteiger partial charge in [0.1, 0.15) is 22.4 Å². The monoisotopic (exact) mass is 371 g/mol. The summed E-state index contributed by atoms with van der Waals surface area (Å²) in [4.78, 5) is 17.1. The van der Waals surface area contributed by atoms with E-state index in [0.29, 0.717) is 27.6 Å². The standard InChI is InChI=1S/C21H13N3O2S/c22-13-20-17(9-11-27-20)21(25)24-14-4-3-5-15(12-14)26-19-8-10-23-18-7-2-1-6-16(18)19/h1-12H,(H,24,25). The number of ether oxygens (including phenoxy) is 1. The van der Waals surface area contributed by atoms with Crippen molar-refractivity contribution in [2.75, 3.05) is 5.32 Å². The zero-order valence-corrected chi connectivity index (χ0v) is 14.9. The minimum atomic E-state index is -0.320. The molecule has 4 rings (SSSR count). The van der Waals surface area contributed by atoms with Gasteiger partial charge in [0.2, 0.25) is 0 Å². The molecule has 27 heavy (non-hydrogen) atoms. The average Bonchev–Trinajstić information content (AvgIpc) is 3.18. The van der Waals surface area contributed by atoms with Crippen molar-refractivity contribution < 1.29 is 9.53 Å². The lowest BCUT2D eigenvalue weighted by atomic mass is 10.2. The zero-order chi connectivity index (χ0) is 18.6. The van der Waals surface area contributed by atoms with Gasteiger partial charge >= 0.3 is 0 Å². The van der Waals surface area contributed by atoms with Crippen LogP contribution >= 0.6 is 11.3 Å². The number of pyridine rings is 1. The van der Waals surface area contributed by atoms with Crippen LogP contribution < -0.4 is 10.1 Å². The summed E-state index contributed by atoms with van der Waals surface area (Å²) in [6.45, 7) is 0. The van der Waals surface area contributed by atoms with Gasteiger partial charge in [0.05, 0.1) is 11.1 Å². The molecule has 0 aliphatic rings. The van der Waals surface area contributed by atoms with E-state index in [9.17, 15) is 4.79 Å². The zero-order valence-electron chi connectivity index (χ0n) is 14.0. The number of nitriles is 1. The molecule has 2 aromatic heterocycles. The van der Waals surface area contributed by atoms with Gasteiger partial charge in [-0.05, 0) is 41.8 Å². The number of aromatic nitrogens is 1. The fourth-order valence-corrected chi connectivity index (χ4v) is 3.38. The number of carbonyl (C=O) groups excluding carboxylic acids is 1. The Balaban J connectivity index is 1.58. The van der Waals surface area contributed by atoms with Crippen LogP contribution in [0, 0.1) is 11.3 Å². The molecule has 5 nitrogen and oxygen atoms in total. The molecule has 2 heterocycles. The van der Waals surface area contributed by atoms with Crippen molar-refractivity contribution in [3.63, 3.8) is 0 Å². The summed E-state index contributed by atoms with van der Waals surface area (Å²) in [5.41, 5.74) is 1.81. The first kappa shape index (κ1) is 16.8. The summed E-state index contributed by atoms with van der Waals surface area (Å²) in [6, 6.07) is 20.3. The molecule has 0 fully saturated rings. The van der Waals surface area contributed by atoms with Crippen molar-refractivity contribution in [2.24, 2.45) is 0 Å². The molecule has 2 aromatic carbocycles. The van der Waals surface area contributed by atoms with Crippen molar-refractivity contribution in [3.8, 4) is 17.6 Å². The van der Waals surface area contributed by atoms with Crippen LogP contribution in [0.4, 0.5) is 5.69 Å². The number of rotatable bonds is 4. The third-order valence-electron chi connectivity index (χ3n) is 3.94. The van der Waals surface area contributed by atoms with Crippen molar-refractivity contribution >= 4 is 33.8 Å². The lowest BCUT2D eigenvalue weighted by Gasteiger charge is -2.10. The minimum absolute atomic E-state index is 0.320. The van der Waals surface area contributed by atoms with Crippen molar-refractivity contribution in [1.82, 2.24) is 4.98 Å². The third-order valence-corrected chi connectivity index (χ3v) is 4.76. The van der Waals surface area contributed by atoms with E-state index in [1.165, 1.54) is 11.3 Å². The Morgan fingerprint density at radius 1 is 1.11 bits per heavy atom. The number of amides is 1. The molecule has 0 unspecified atom stereocenters. The highest BCUT2D eigenvalue weighted by Crippen LogP contribution is 2.30. The Bertz CT molecular complexity index is 1170. The quantitative estimate of drug-likeness (QED) is 0.534. The number of nitrogens with one attached hydrogen (secondary N) is 1. The number of carbonyl (C=O) groups is 1. The Labute approximate surface area is 159 Å². The highest BCUT2D eigenvalue weighted by atomic mass is 32.1. The lowest BCUT2D eigenvalue weighted by molar-refractivity contribution is 0.102. The van der Waals surface area contributed by atoms with E-state index in [1.54, 1.807) is 41.9 Å². The van der Waals surface area contributed by atoms with Gasteiger partial charge in [0.25, 0.3) is 5.91 Å². The second-order valence-electron chi connectivity index (χ2n) is 5.69. The first-order valence-corrected chi connectivity index (χ1v) is 9.03. The Hall–Kier alpha value is -3.69. The molecule has 1 N–H and O–H groups in total. The van der Waals surface area contributed by atoms with Crippen LogP contribution in [0.3, 0.4) is 0 Å². The molecule has 6 heteroatoms. The first-order chi connectivity index (χ1) is 13.2. The smallest absolute Gasteiger partial charge is 0.257 e. The maximum Gasteiger partial charge on any atom is 0.257 e. The van der Waals surface area contributed by atoms with Gasteiger partial charge in [-0.15, -0.1) is 11.3 Å². The molecule has 0 aliphatic heterocycles. The first-order valence-electron chi connectivity index (χ1n) is 8.15. The van der Waals surface area contributed by atoms with Crippen LogP contribution in [0.15, 0.2) is 72.2 Å². The number of anilines is 1. The summed E-state index contributed by atoms with van der Waals surface area (Å²) in [7, 11) is 0. The van der Waals surface area contributed by atoms with Crippen LogP contribution in [0.5, 0.6) is 11.5 Å². The molecule has 0 radical (unpaired) electrons. The summed E-state index contributed by atoms with van der Waals surface area (Å²) < 4.78 is 6.01. The van der Waals surface area contributed by atoms with E-state index in [2.05, 4.69) is 10.3 Å². The van der Waals surface area contributed by atoms with E-state index in [-0.39, 0.29) is 5.91 Å². The molecule has 130 valence electrons. The second kappa shape index (κ2) is 7.28. The molecular formula is C21H13N3O2S. The van der Waals surface area contributed by atoms with Crippen molar-refractivity contribution in [2.45, 2.75) is 0 Å². The summed E-state index contributed by atoms with van der Waals surface area (Å²) in [5, 5.41) is 14.5. The summed E-state index contributed by atoms with van der Waals surface area (Å²) >= 11 is 1.24. The van der Waals surface area contributed by atoms with Gasteiger partial charge in [-0.1, -0.05) is 18.2 Å². The Morgan fingerprint density at radius 3 is 2.89 bits per heavy atom. The molecule has 4 aromatic rings. The lowest BCUT2D eigenvalue weighted by Crippen LogP contribution is -2.12. The molecule has 0 spiro atoms. The molecule has 0 atom stereocenters. The van der Waals surface area contributed by atoms with Crippen LogP contribution in [0.25, 0.3) is 10.9 Å². The topological polar surface area (TPSA) is 75.0 Å². The molecule has 0 saturated heterocycles. The van der Waals surface area contributed by atoms with E-state index >= 15 is 0 Å². The maximum atomic E-state index is 12.4. The van der Waals surface area contributed by atoms with Gasteiger partial charge < -0.3 is 10.1 Å². The van der Waals surface area contributed by atoms with Crippen LogP contribution in [0.1, 0.15) is 15.2 Å². The summed E-state index contributed by atoms with van der Waals surface area (Å²) in [6.07, 6.45) is 1.70. The molecule has 0 saturated carbocycles. The number of benzene rings is 2. The largest absolute Gasteiger partial charge is 0.457 e.